The molecule has 0 spiro atoms. The Labute approximate surface area is 216 Å². The van der Waals surface area contributed by atoms with Crippen LogP contribution in [0.1, 0.15) is 64.7 Å². The molecule has 9 nitrogen and oxygen atoms in total. The number of benzene rings is 1. The largest absolute Gasteiger partial charge is 0.426 e. The number of ether oxygens (including phenoxy) is 1. The third kappa shape index (κ3) is 6.49. The van der Waals surface area contributed by atoms with Crippen LogP contribution in [0.25, 0.3) is 0 Å². The molecule has 1 aliphatic heterocycles. The van der Waals surface area contributed by atoms with E-state index in [1.165, 1.54) is 7.11 Å². The van der Waals surface area contributed by atoms with Crippen LogP contribution in [0, 0.1) is 11.6 Å². The van der Waals surface area contributed by atoms with Crippen LogP contribution in [0.2, 0.25) is 0 Å². The topological polar surface area (TPSA) is 112 Å². The van der Waals surface area contributed by atoms with Gasteiger partial charge < -0.3 is 14.4 Å². The molecule has 0 amide bonds. The van der Waals surface area contributed by atoms with Crippen molar-refractivity contribution in [3.05, 3.63) is 61.4 Å². The molecular formula is C24H32BF2N2O7P. The van der Waals surface area contributed by atoms with E-state index >= 15 is 4.39 Å². The molecule has 2 heterocycles. The summed E-state index contributed by atoms with van der Waals surface area (Å²) in [5, 5.41) is 10.8. The molecule has 0 saturated heterocycles. The molecule has 3 unspecified atom stereocenters. The van der Waals surface area contributed by atoms with Crippen LogP contribution in [0.4, 0.5) is 8.78 Å². The lowest BCUT2D eigenvalue weighted by Gasteiger charge is -2.37. The van der Waals surface area contributed by atoms with E-state index in [1.54, 1.807) is 6.07 Å². The van der Waals surface area contributed by atoms with Crippen molar-refractivity contribution < 1.29 is 32.2 Å². The summed E-state index contributed by atoms with van der Waals surface area (Å²) in [6.45, 7) is 11.3. The van der Waals surface area contributed by atoms with Gasteiger partial charge in [0.2, 0.25) is 5.82 Å². The minimum absolute atomic E-state index is 0.106. The second-order valence-corrected chi connectivity index (χ2v) is 12.0. The minimum atomic E-state index is -2.45. The second kappa shape index (κ2) is 10.6. The molecule has 2 radical (unpaired) electrons. The molecule has 2 N–H and O–H groups in total. The number of aryl methyl sites for hydroxylation is 1. The Morgan fingerprint density at radius 2 is 1.81 bits per heavy atom. The molecule has 3 rings (SSSR count). The normalized spacial score (nSPS) is 18.6. The number of rotatable bonds is 7. The molecule has 1 aromatic carbocycles. The molecule has 0 saturated carbocycles. The van der Waals surface area contributed by atoms with E-state index in [9.17, 15) is 19.1 Å². The van der Waals surface area contributed by atoms with Crippen LogP contribution in [-0.4, -0.2) is 41.4 Å². The number of nitrogens with zero attached hydrogens (tertiary/aromatic N) is 1. The highest BCUT2D eigenvalue weighted by molar-refractivity contribution is 7.42. The third-order valence-corrected chi connectivity index (χ3v) is 7.08. The monoisotopic (exact) mass is 540 g/mol. The van der Waals surface area contributed by atoms with Gasteiger partial charge in [0, 0.05) is 19.2 Å². The van der Waals surface area contributed by atoms with Gasteiger partial charge in [-0.3, -0.25) is 23.4 Å². The lowest BCUT2D eigenvalue weighted by atomic mass is 9.78. The summed E-state index contributed by atoms with van der Waals surface area (Å²) in [5.41, 5.74) is -3.78. The van der Waals surface area contributed by atoms with Crippen LogP contribution >= 0.6 is 8.60 Å². The Balaban J connectivity index is 1.83. The zero-order chi connectivity index (χ0) is 27.9. The second-order valence-electron chi connectivity index (χ2n) is 11.0. The highest BCUT2D eigenvalue weighted by Crippen LogP contribution is 2.54. The van der Waals surface area contributed by atoms with Crippen molar-refractivity contribution in [2.24, 2.45) is 0 Å². The summed E-state index contributed by atoms with van der Waals surface area (Å²) in [6.07, 6.45) is -0.578. The van der Waals surface area contributed by atoms with E-state index in [1.807, 2.05) is 46.5 Å². The summed E-state index contributed by atoms with van der Waals surface area (Å²) < 4.78 is 52.2. The molecule has 1 aliphatic rings. The number of fused-ring (bicyclic) bond motifs is 1. The van der Waals surface area contributed by atoms with Gasteiger partial charge in [0.25, 0.3) is 5.56 Å². The molecule has 0 aliphatic carbocycles. The number of halogens is 2. The smallest absolute Gasteiger partial charge is 0.399 e. The van der Waals surface area contributed by atoms with E-state index in [-0.39, 0.29) is 30.9 Å². The molecule has 1 aromatic heterocycles. The summed E-state index contributed by atoms with van der Waals surface area (Å²) in [7, 11) is 4.97. The molecule has 0 bridgehead atoms. The lowest BCUT2D eigenvalue weighted by Crippen LogP contribution is -2.47. The Kier molecular flexibility index (Phi) is 8.42. The highest BCUT2D eigenvalue weighted by Gasteiger charge is 2.41. The molecule has 202 valence electrons. The van der Waals surface area contributed by atoms with Crippen molar-refractivity contribution in [1.29, 1.82) is 0 Å². The van der Waals surface area contributed by atoms with Gasteiger partial charge in [-0.2, -0.15) is 4.39 Å². The van der Waals surface area contributed by atoms with E-state index in [0.29, 0.717) is 5.56 Å². The van der Waals surface area contributed by atoms with E-state index in [0.717, 1.165) is 16.3 Å². The summed E-state index contributed by atoms with van der Waals surface area (Å²) >= 11 is 0. The molecular weight excluding hydrogens is 508 g/mol. The Morgan fingerprint density at radius 1 is 1.19 bits per heavy atom. The number of methoxy groups -OCH3 is 1. The number of hydrogen-bond donors (Lipinski definition) is 2. The van der Waals surface area contributed by atoms with Crippen molar-refractivity contribution in [2.45, 2.75) is 83.7 Å². The number of aromatic nitrogens is 2. The standard InChI is InChI=1S/C24H32BF2N2O7P/c1-22(2,3)14-10-15(23(4,5)6)19-13(18(14)27)12-34-37(35-19)36-24(25,32)17(33-7)8-9-29-11-16(26)20(30)28-21(29)31/h10-11,17,32H,8-9,12H2,1-7H3,(H,28,30,31). The zero-order valence-electron chi connectivity index (χ0n) is 22.0. The third-order valence-electron chi connectivity index (χ3n) is 5.97. The molecule has 0 fully saturated rings. The fourth-order valence-electron chi connectivity index (χ4n) is 3.87. The first kappa shape index (κ1) is 29.5. The van der Waals surface area contributed by atoms with Gasteiger partial charge in [-0.05, 0) is 28.9 Å². The average Bonchev–Trinajstić information content (AvgIpc) is 2.75. The minimum Gasteiger partial charge on any atom is -0.426 e. The van der Waals surface area contributed by atoms with Crippen molar-refractivity contribution in [1.82, 2.24) is 9.55 Å². The van der Waals surface area contributed by atoms with Crippen LogP contribution in [-0.2, 0) is 37.8 Å². The van der Waals surface area contributed by atoms with Crippen molar-refractivity contribution in [2.75, 3.05) is 7.11 Å². The SMILES string of the molecule is [B]C(O)(OP1OCc2c(F)c(C(C)(C)C)cc(C(C)(C)C)c2O1)C(CCn1cc(F)c(=O)[nH]c1=O)OC. The quantitative estimate of drug-likeness (QED) is 0.314. The van der Waals surface area contributed by atoms with Gasteiger partial charge >= 0.3 is 14.3 Å². The summed E-state index contributed by atoms with van der Waals surface area (Å²) in [5.74, 6) is -1.30. The fraction of sp³-hybridized carbons (Fsp3) is 0.583. The average molecular weight is 540 g/mol. The highest BCUT2D eigenvalue weighted by atomic mass is 31.2. The van der Waals surface area contributed by atoms with Gasteiger partial charge in [0.15, 0.2) is 13.5 Å². The number of H-pyrrole nitrogens is 1. The predicted molar refractivity (Wildman–Crippen MR) is 135 cm³/mol. The van der Waals surface area contributed by atoms with Gasteiger partial charge in [0.05, 0.1) is 18.4 Å². The molecule has 13 heteroatoms. The Bertz CT molecular complexity index is 1270. The molecule has 3 atom stereocenters. The summed E-state index contributed by atoms with van der Waals surface area (Å²) in [4.78, 5) is 25.0. The van der Waals surface area contributed by atoms with E-state index < -0.39 is 54.1 Å². The first-order chi connectivity index (χ1) is 17.0. The summed E-state index contributed by atoms with van der Waals surface area (Å²) in [6, 6.07) is 1.78. The van der Waals surface area contributed by atoms with Gasteiger partial charge in [0.1, 0.15) is 17.7 Å². The van der Waals surface area contributed by atoms with Crippen LogP contribution in [0.5, 0.6) is 5.75 Å². The Hall–Kier alpha value is -2.11. The first-order valence-electron chi connectivity index (χ1n) is 11.7. The van der Waals surface area contributed by atoms with Crippen molar-refractivity contribution >= 4 is 16.4 Å². The Morgan fingerprint density at radius 3 is 2.38 bits per heavy atom. The maximum atomic E-state index is 15.4. The number of aromatic amines is 1. The van der Waals surface area contributed by atoms with Crippen LogP contribution in [0.3, 0.4) is 0 Å². The van der Waals surface area contributed by atoms with Crippen molar-refractivity contribution in [3.8, 4) is 5.75 Å². The van der Waals surface area contributed by atoms with Gasteiger partial charge in [-0.15, -0.1) is 0 Å². The fourth-order valence-corrected chi connectivity index (χ4v) is 4.97. The van der Waals surface area contributed by atoms with Crippen LogP contribution < -0.4 is 15.8 Å². The molecule has 37 heavy (non-hydrogen) atoms. The van der Waals surface area contributed by atoms with Gasteiger partial charge in [-0.1, -0.05) is 41.5 Å². The zero-order valence-corrected chi connectivity index (χ0v) is 22.9. The maximum absolute atomic E-state index is 15.4. The maximum Gasteiger partial charge on any atom is 0.399 e. The van der Waals surface area contributed by atoms with Crippen molar-refractivity contribution in [3.63, 3.8) is 0 Å². The molecule has 2 aromatic rings. The lowest BCUT2D eigenvalue weighted by molar-refractivity contribution is -0.161. The number of aliphatic hydroxyl groups is 1. The number of nitrogens with one attached hydrogen (secondary N) is 1. The van der Waals surface area contributed by atoms with Gasteiger partial charge in [-0.25, -0.2) is 9.18 Å². The van der Waals surface area contributed by atoms with E-state index in [2.05, 4.69) is 0 Å². The predicted octanol–water partition coefficient (Wildman–Crippen LogP) is 3.48. The number of hydrogen-bond acceptors (Lipinski definition) is 7. The van der Waals surface area contributed by atoms with Crippen LogP contribution in [0.15, 0.2) is 21.9 Å². The first-order valence-corrected chi connectivity index (χ1v) is 12.7. The van der Waals surface area contributed by atoms with E-state index in [4.69, 9.17) is 26.2 Å².